The fourth-order valence-electron chi connectivity index (χ4n) is 2.22. The van der Waals surface area contributed by atoms with Gasteiger partial charge < -0.3 is 10.6 Å². The van der Waals surface area contributed by atoms with Gasteiger partial charge in [-0.05, 0) is 44.7 Å². The van der Waals surface area contributed by atoms with Gasteiger partial charge in [-0.15, -0.1) is 0 Å². The second kappa shape index (κ2) is 7.28. The number of carbonyl (C=O) groups is 1. The number of halogens is 1. The lowest BCUT2D eigenvalue weighted by atomic mass is 9.96. The van der Waals surface area contributed by atoms with Crippen LogP contribution in [-0.2, 0) is 4.79 Å². The topological polar surface area (TPSA) is 46.3 Å². The first-order valence-electron chi connectivity index (χ1n) is 6.21. The number of alkyl halides is 1. The van der Waals surface area contributed by atoms with Crippen LogP contribution in [-0.4, -0.2) is 35.8 Å². The Morgan fingerprint density at radius 3 is 2.94 bits per heavy atom. The predicted molar refractivity (Wildman–Crippen MR) is 70.6 cm³/mol. The number of likely N-dealkylation sites (tertiary alicyclic amines) is 1. The molecule has 1 fully saturated rings. The van der Waals surface area contributed by atoms with Crippen LogP contribution in [0.3, 0.4) is 0 Å². The first-order valence-corrected chi connectivity index (χ1v) is 7.33. The van der Waals surface area contributed by atoms with Gasteiger partial charge in [-0.1, -0.05) is 22.9 Å². The average molecular weight is 291 g/mol. The average Bonchev–Trinajstić information content (AvgIpc) is 2.27. The monoisotopic (exact) mass is 290 g/mol. The summed E-state index contributed by atoms with van der Waals surface area (Å²) in [6.45, 7) is 5.40. The van der Waals surface area contributed by atoms with E-state index in [2.05, 4.69) is 27.8 Å². The molecule has 1 saturated heterocycles. The van der Waals surface area contributed by atoms with Crippen molar-refractivity contribution in [1.82, 2.24) is 4.90 Å². The van der Waals surface area contributed by atoms with Crippen molar-refractivity contribution < 1.29 is 4.79 Å². The van der Waals surface area contributed by atoms with E-state index in [4.69, 9.17) is 5.73 Å². The Kier molecular flexibility index (Phi) is 6.36. The SMILES string of the molecule is CC(CCBr)CCN1CCCC(C(N)=O)C1. The number of piperidine rings is 1. The summed E-state index contributed by atoms with van der Waals surface area (Å²) in [6.07, 6.45) is 4.54. The smallest absolute Gasteiger partial charge is 0.221 e. The van der Waals surface area contributed by atoms with Gasteiger partial charge in [0.15, 0.2) is 0 Å². The van der Waals surface area contributed by atoms with Crippen molar-refractivity contribution in [3.8, 4) is 0 Å². The fourth-order valence-corrected chi connectivity index (χ4v) is 3.01. The van der Waals surface area contributed by atoms with Gasteiger partial charge in [0.25, 0.3) is 0 Å². The third-order valence-corrected chi connectivity index (χ3v) is 3.91. The zero-order chi connectivity index (χ0) is 12.0. The van der Waals surface area contributed by atoms with E-state index >= 15 is 0 Å². The molecular weight excluding hydrogens is 268 g/mol. The molecule has 2 unspecified atom stereocenters. The molecule has 0 spiro atoms. The molecule has 1 heterocycles. The van der Waals surface area contributed by atoms with Gasteiger partial charge in [0, 0.05) is 11.9 Å². The lowest BCUT2D eigenvalue weighted by Gasteiger charge is -2.31. The number of hydrogen-bond acceptors (Lipinski definition) is 2. The third kappa shape index (κ3) is 4.83. The maximum absolute atomic E-state index is 11.1. The van der Waals surface area contributed by atoms with Crippen LogP contribution in [0.5, 0.6) is 0 Å². The first-order chi connectivity index (χ1) is 7.63. The molecule has 16 heavy (non-hydrogen) atoms. The zero-order valence-electron chi connectivity index (χ0n) is 10.1. The Hall–Kier alpha value is -0.0900. The number of rotatable bonds is 6. The predicted octanol–water partition coefficient (Wildman–Crippen LogP) is 1.99. The third-order valence-electron chi connectivity index (χ3n) is 3.45. The van der Waals surface area contributed by atoms with E-state index in [9.17, 15) is 4.79 Å². The number of nitrogens with zero attached hydrogens (tertiary/aromatic N) is 1. The van der Waals surface area contributed by atoms with Crippen LogP contribution in [0.1, 0.15) is 32.6 Å². The maximum Gasteiger partial charge on any atom is 0.221 e. The normalized spacial score (nSPS) is 24.2. The fraction of sp³-hybridized carbons (Fsp3) is 0.917. The van der Waals surface area contributed by atoms with Crippen LogP contribution in [0.4, 0.5) is 0 Å². The van der Waals surface area contributed by atoms with Crippen molar-refractivity contribution in [2.45, 2.75) is 32.6 Å². The van der Waals surface area contributed by atoms with Crippen molar-refractivity contribution in [2.24, 2.45) is 17.6 Å². The molecule has 3 nitrogen and oxygen atoms in total. The summed E-state index contributed by atoms with van der Waals surface area (Å²) in [7, 11) is 0. The van der Waals surface area contributed by atoms with Crippen molar-refractivity contribution in [3.63, 3.8) is 0 Å². The van der Waals surface area contributed by atoms with E-state index in [1.165, 1.54) is 12.8 Å². The van der Waals surface area contributed by atoms with Crippen LogP contribution >= 0.6 is 15.9 Å². The Bertz CT molecular complexity index is 223. The largest absolute Gasteiger partial charge is 0.369 e. The first kappa shape index (κ1) is 14.0. The number of primary amides is 1. The molecule has 0 aromatic heterocycles. The summed E-state index contributed by atoms with van der Waals surface area (Å²) >= 11 is 3.47. The Balaban J connectivity index is 2.24. The van der Waals surface area contributed by atoms with Gasteiger partial charge in [-0.3, -0.25) is 4.79 Å². The highest BCUT2D eigenvalue weighted by Crippen LogP contribution is 2.18. The molecule has 4 heteroatoms. The molecule has 0 aromatic rings. The van der Waals surface area contributed by atoms with E-state index in [-0.39, 0.29) is 11.8 Å². The molecule has 0 aliphatic carbocycles. The second-order valence-corrected chi connectivity index (χ2v) is 5.71. The quantitative estimate of drug-likeness (QED) is 0.761. The van der Waals surface area contributed by atoms with Gasteiger partial charge in [-0.2, -0.15) is 0 Å². The summed E-state index contributed by atoms with van der Waals surface area (Å²) in [4.78, 5) is 13.5. The second-order valence-electron chi connectivity index (χ2n) is 4.91. The van der Waals surface area contributed by atoms with Gasteiger partial charge >= 0.3 is 0 Å². The highest BCUT2D eigenvalue weighted by atomic mass is 79.9. The molecule has 0 radical (unpaired) electrons. The highest BCUT2D eigenvalue weighted by molar-refractivity contribution is 9.09. The van der Waals surface area contributed by atoms with E-state index in [0.717, 1.165) is 43.7 Å². The Morgan fingerprint density at radius 1 is 1.56 bits per heavy atom. The number of nitrogens with two attached hydrogens (primary N) is 1. The van der Waals surface area contributed by atoms with Crippen molar-refractivity contribution in [1.29, 1.82) is 0 Å². The minimum atomic E-state index is -0.127. The maximum atomic E-state index is 11.1. The molecule has 1 aliphatic rings. The molecule has 2 atom stereocenters. The highest BCUT2D eigenvalue weighted by Gasteiger charge is 2.23. The van der Waals surface area contributed by atoms with Crippen LogP contribution in [0.25, 0.3) is 0 Å². The van der Waals surface area contributed by atoms with E-state index < -0.39 is 0 Å². The van der Waals surface area contributed by atoms with Gasteiger partial charge in [0.1, 0.15) is 0 Å². The van der Waals surface area contributed by atoms with E-state index in [1.807, 2.05) is 0 Å². The molecule has 0 saturated carbocycles. The van der Waals surface area contributed by atoms with E-state index in [1.54, 1.807) is 0 Å². The Labute approximate surface area is 107 Å². The van der Waals surface area contributed by atoms with Crippen LogP contribution in [0.15, 0.2) is 0 Å². The van der Waals surface area contributed by atoms with Crippen LogP contribution < -0.4 is 5.73 Å². The summed E-state index contributed by atoms with van der Waals surface area (Å²) < 4.78 is 0. The molecule has 0 bridgehead atoms. The van der Waals surface area contributed by atoms with Gasteiger partial charge in [0.2, 0.25) is 5.91 Å². The molecule has 1 rings (SSSR count). The van der Waals surface area contributed by atoms with Crippen molar-refractivity contribution >= 4 is 21.8 Å². The standard InChI is InChI=1S/C12H23BrN2O/c1-10(4-6-13)5-8-15-7-2-3-11(9-15)12(14)16/h10-11H,2-9H2,1H3,(H2,14,16). The molecule has 2 N–H and O–H groups in total. The zero-order valence-corrected chi connectivity index (χ0v) is 11.7. The number of amides is 1. The van der Waals surface area contributed by atoms with Gasteiger partial charge in [0.05, 0.1) is 5.92 Å². The molecular formula is C12H23BrN2O. The minimum absolute atomic E-state index is 0.0835. The number of hydrogen-bond donors (Lipinski definition) is 1. The van der Waals surface area contributed by atoms with Crippen molar-refractivity contribution in [2.75, 3.05) is 25.0 Å². The Morgan fingerprint density at radius 2 is 2.31 bits per heavy atom. The van der Waals surface area contributed by atoms with Crippen LogP contribution in [0, 0.1) is 11.8 Å². The molecule has 94 valence electrons. The van der Waals surface area contributed by atoms with E-state index in [0.29, 0.717) is 0 Å². The molecule has 0 aromatic carbocycles. The molecule has 1 amide bonds. The summed E-state index contributed by atoms with van der Waals surface area (Å²) in [6, 6.07) is 0. The lowest BCUT2D eigenvalue weighted by molar-refractivity contribution is -0.123. The molecule has 1 aliphatic heterocycles. The van der Waals surface area contributed by atoms with Crippen LogP contribution in [0.2, 0.25) is 0 Å². The summed E-state index contributed by atoms with van der Waals surface area (Å²) in [5, 5.41) is 1.08. The van der Waals surface area contributed by atoms with Crippen molar-refractivity contribution in [3.05, 3.63) is 0 Å². The minimum Gasteiger partial charge on any atom is -0.369 e. The number of carbonyl (C=O) groups excluding carboxylic acids is 1. The summed E-state index contributed by atoms with van der Waals surface area (Å²) in [5.41, 5.74) is 5.36. The summed E-state index contributed by atoms with van der Waals surface area (Å²) in [5.74, 6) is 0.715. The van der Waals surface area contributed by atoms with Gasteiger partial charge in [-0.25, -0.2) is 0 Å². The lowest BCUT2D eigenvalue weighted by Crippen LogP contribution is -2.41.